The van der Waals surface area contributed by atoms with Gasteiger partial charge in [0.1, 0.15) is 0 Å². The van der Waals surface area contributed by atoms with Crippen LogP contribution in [0, 0.1) is 0 Å². The van der Waals surface area contributed by atoms with Crippen molar-refractivity contribution in [3.8, 4) is 0 Å². The summed E-state index contributed by atoms with van der Waals surface area (Å²) in [5.74, 6) is -0.613. The quantitative estimate of drug-likeness (QED) is 0.688. The van der Waals surface area contributed by atoms with Crippen molar-refractivity contribution in [3.63, 3.8) is 0 Å². The van der Waals surface area contributed by atoms with Gasteiger partial charge in [-0.25, -0.2) is 0 Å². The van der Waals surface area contributed by atoms with Crippen LogP contribution in [0.25, 0.3) is 0 Å². The molecule has 0 unspecified atom stereocenters. The lowest BCUT2D eigenvalue weighted by Gasteiger charge is -2.08. The number of nitrogens with one attached hydrogen (secondary N) is 2. The number of pyridine rings is 2. The standard InChI is InChI=1S/C20H17ClN4O2/c21-18-5-3-14(4-6-18)10-24-19(26)16-8-17(13-23-12-16)20(27)25-11-15-2-1-7-22-9-15/h1-9,12-13H,10-11H2,(H,24,26)(H,25,27). The molecular formula is C20H17ClN4O2. The number of carbonyl (C=O) groups is 2. The van der Waals surface area contributed by atoms with Gasteiger partial charge < -0.3 is 10.6 Å². The second-order valence-electron chi connectivity index (χ2n) is 5.82. The number of benzene rings is 1. The molecule has 136 valence electrons. The summed E-state index contributed by atoms with van der Waals surface area (Å²) in [4.78, 5) is 32.6. The monoisotopic (exact) mass is 380 g/mol. The molecule has 0 aliphatic heterocycles. The van der Waals surface area contributed by atoms with Crippen LogP contribution in [0.5, 0.6) is 0 Å². The summed E-state index contributed by atoms with van der Waals surface area (Å²) in [7, 11) is 0. The van der Waals surface area contributed by atoms with E-state index in [-0.39, 0.29) is 11.8 Å². The molecule has 0 fully saturated rings. The van der Waals surface area contributed by atoms with Gasteiger partial charge in [-0.3, -0.25) is 19.6 Å². The zero-order valence-corrected chi connectivity index (χ0v) is 15.1. The molecule has 3 aromatic rings. The van der Waals surface area contributed by atoms with Gasteiger partial charge in [0.25, 0.3) is 11.8 Å². The fraction of sp³-hybridized carbons (Fsp3) is 0.100. The van der Waals surface area contributed by atoms with E-state index in [9.17, 15) is 9.59 Å². The Bertz CT molecular complexity index is 930. The van der Waals surface area contributed by atoms with E-state index in [1.54, 1.807) is 30.6 Å². The van der Waals surface area contributed by atoms with Gasteiger partial charge in [0.15, 0.2) is 0 Å². The van der Waals surface area contributed by atoms with E-state index >= 15 is 0 Å². The lowest BCUT2D eigenvalue weighted by Crippen LogP contribution is -2.25. The van der Waals surface area contributed by atoms with Crippen molar-refractivity contribution in [2.75, 3.05) is 0 Å². The number of carbonyl (C=O) groups excluding carboxylic acids is 2. The van der Waals surface area contributed by atoms with Crippen LogP contribution in [0.2, 0.25) is 5.02 Å². The normalized spacial score (nSPS) is 10.3. The second kappa shape index (κ2) is 8.91. The summed E-state index contributed by atoms with van der Waals surface area (Å²) in [5, 5.41) is 6.22. The number of amides is 2. The molecule has 0 aliphatic rings. The second-order valence-corrected chi connectivity index (χ2v) is 6.25. The summed E-state index contributed by atoms with van der Waals surface area (Å²) in [6.07, 6.45) is 6.20. The average molecular weight is 381 g/mol. The SMILES string of the molecule is O=C(NCc1ccc(Cl)cc1)c1cncc(C(=O)NCc2cccnc2)c1. The first kappa shape index (κ1) is 18.5. The van der Waals surface area contributed by atoms with E-state index in [0.717, 1.165) is 11.1 Å². The zero-order valence-electron chi connectivity index (χ0n) is 14.4. The largest absolute Gasteiger partial charge is 0.348 e. The number of hydrogen-bond acceptors (Lipinski definition) is 4. The van der Waals surface area contributed by atoms with Gasteiger partial charge in [-0.05, 0) is 35.4 Å². The van der Waals surface area contributed by atoms with E-state index in [1.165, 1.54) is 18.5 Å². The van der Waals surface area contributed by atoms with E-state index in [1.807, 2.05) is 18.2 Å². The Hall–Kier alpha value is -3.25. The summed E-state index contributed by atoms with van der Waals surface area (Å²) in [5.41, 5.74) is 2.44. The lowest BCUT2D eigenvalue weighted by molar-refractivity contribution is 0.0950. The number of rotatable bonds is 6. The average Bonchev–Trinajstić information content (AvgIpc) is 2.72. The topological polar surface area (TPSA) is 84.0 Å². The van der Waals surface area contributed by atoms with Crippen LogP contribution in [0.1, 0.15) is 31.8 Å². The molecule has 2 heterocycles. The van der Waals surface area contributed by atoms with Crippen LogP contribution in [0.4, 0.5) is 0 Å². The van der Waals surface area contributed by atoms with E-state index in [0.29, 0.717) is 29.2 Å². The molecule has 2 N–H and O–H groups in total. The van der Waals surface area contributed by atoms with Crippen LogP contribution in [-0.2, 0) is 13.1 Å². The number of halogens is 1. The Kier molecular flexibility index (Phi) is 6.12. The van der Waals surface area contributed by atoms with Gasteiger partial charge in [0, 0.05) is 42.9 Å². The molecule has 0 spiro atoms. The maximum absolute atomic E-state index is 12.3. The Morgan fingerprint density at radius 1 is 0.815 bits per heavy atom. The van der Waals surface area contributed by atoms with Crippen molar-refractivity contribution in [1.82, 2.24) is 20.6 Å². The van der Waals surface area contributed by atoms with Gasteiger partial charge in [0.2, 0.25) is 0 Å². The summed E-state index contributed by atoms with van der Waals surface area (Å²) < 4.78 is 0. The molecule has 0 saturated heterocycles. The highest BCUT2D eigenvalue weighted by atomic mass is 35.5. The molecule has 0 radical (unpaired) electrons. The molecule has 2 aromatic heterocycles. The van der Waals surface area contributed by atoms with E-state index in [2.05, 4.69) is 20.6 Å². The molecule has 2 amide bonds. The molecule has 0 bridgehead atoms. The van der Waals surface area contributed by atoms with Crippen LogP contribution >= 0.6 is 11.6 Å². The molecule has 6 nitrogen and oxygen atoms in total. The zero-order chi connectivity index (χ0) is 19.1. The van der Waals surface area contributed by atoms with Crippen molar-refractivity contribution in [1.29, 1.82) is 0 Å². The Labute approximate surface area is 161 Å². The van der Waals surface area contributed by atoms with Crippen molar-refractivity contribution >= 4 is 23.4 Å². The van der Waals surface area contributed by atoms with Crippen molar-refractivity contribution in [2.45, 2.75) is 13.1 Å². The van der Waals surface area contributed by atoms with Gasteiger partial charge in [-0.1, -0.05) is 29.8 Å². The first-order valence-corrected chi connectivity index (χ1v) is 8.64. The van der Waals surface area contributed by atoms with Crippen LogP contribution in [-0.4, -0.2) is 21.8 Å². The maximum Gasteiger partial charge on any atom is 0.253 e. The van der Waals surface area contributed by atoms with E-state index in [4.69, 9.17) is 11.6 Å². The molecule has 0 saturated carbocycles. The van der Waals surface area contributed by atoms with Gasteiger partial charge in [-0.15, -0.1) is 0 Å². The predicted octanol–water partition coefficient (Wildman–Crippen LogP) is 2.99. The minimum Gasteiger partial charge on any atom is -0.348 e. The first-order valence-electron chi connectivity index (χ1n) is 8.26. The van der Waals surface area contributed by atoms with E-state index < -0.39 is 0 Å². The molecule has 3 rings (SSSR count). The molecule has 27 heavy (non-hydrogen) atoms. The van der Waals surface area contributed by atoms with Crippen LogP contribution in [0.15, 0.2) is 67.3 Å². The summed E-state index contributed by atoms with van der Waals surface area (Å²) in [6, 6.07) is 12.4. The molecule has 7 heteroatoms. The Morgan fingerprint density at radius 3 is 2.04 bits per heavy atom. The van der Waals surface area contributed by atoms with Gasteiger partial charge in [-0.2, -0.15) is 0 Å². The number of hydrogen-bond donors (Lipinski definition) is 2. The molecule has 0 aliphatic carbocycles. The third-order valence-electron chi connectivity index (χ3n) is 3.80. The fourth-order valence-corrected chi connectivity index (χ4v) is 2.49. The highest BCUT2D eigenvalue weighted by Crippen LogP contribution is 2.10. The number of aromatic nitrogens is 2. The van der Waals surface area contributed by atoms with Crippen molar-refractivity contribution in [3.05, 3.63) is 94.5 Å². The fourth-order valence-electron chi connectivity index (χ4n) is 2.36. The van der Waals surface area contributed by atoms with Crippen molar-refractivity contribution in [2.24, 2.45) is 0 Å². The molecule has 1 aromatic carbocycles. The summed E-state index contributed by atoms with van der Waals surface area (Å²) >= 11 is 5.85. The molecule has 0 atom stereocenters. The van der Waals surface area contributed by atoms with Crippen molar-refractivity contribution < 1.29 is 9.59 Å². The lowest BCUT2D eigenvalue weighted by atomic mass is 10.1. The minimum absolute atomic E-state index is 0.306. The third kappa shape index (κ3) is 5.36. The van der Waals surface area contributed by atoms with Gasteiger partial charge >= 0.3 is 0 Å². The smallest absolute Gasteiger partial charge is 0.253 e. The Balaban J connectivity index is 1.59. The number of nitrogens with zero attached hydrogens (tertiary/aromatic N) is 2. The minimum atomic E-state index is -0.307. The van der Waals surface area contributed by atoms with Gasteiger partial charge in [0.05, 0.1) is 11.1 Å². The maximum atomic E-state index is 12.3. The van der Waals surface area contributed by atoms with Crippen LogP contribution in [0.3, 0.4) is 0 Å². The summed E-state index contributed by atoms with van der Waals surface area (Å²) in [6.45, 7) is 0.701. The predicted molar refractivity (Wildman–Crippen MR) is 102 cm³/mol. The first-order chi connectivity index (χ1) is 13.1. The Morgan fingerprint density at radius 2 is 1.44 bits per heavy atom. The third-order valence-corrected chi connectivity index (χ3v) is 4.06. The van der Waals surface area contributed by atoms with Crippen LogP contribution < -0.4 is 10.6 Å². The highest BCUT2D eigenvalue weighted by molar-refractivity contribution is 6.30. The molecular weight excluding hydrogens is 364 g/mol. The highest BCUT2D eigenvalue weighted by Gasteiger charge is 2.11.